The lowest BCUT2D eigenvalue weighted by molar-refractivity contribution is 0.588. The van der Waals surface area contributed by atoms with Crippen LogP contribution in [0.4, 0.5) is 5.82 Å². The van der Waals surface area contributed by atoms with E-state index in [1.165, 1.54) is 24.4 Å². The van der Waals surface area contributed by atoms with Crippen LogP contribution in [0.3, 0.4) is 0 Å². The zero-order valence-electron chi connectivity index (χ0n) is 13.7. The Morgan fingerprint density at radius 3 is 2.35 bits per heavy atom. The molecular formula is C17H23N3O2S. The van der Waals surface area contributed by atoms with Crippen molar-refractivity contribution in [2.24, 2.45) is 0 Å². The average Bonchev–Trinajstić information content (AvgIpc) is 2.56. The lowest BCUT2D eigenvalue weighted by Crippen LogP contribution is -2.22. The molecule has 2 N–H and O–H groups in total. The van der Waals surface area contributed by atoms with Crippen molar-refractivity contribution < 1.29 is 8.42 Å². The highest BCUT2D eigenvalue weighted by atomic mass is 32.2. The van der Waals surface area contributed by atoms with Crippen molar-refractivity contribution in [1.82, 2.24) is 9.71 Å². The highest BCUT2D eigenvalue weighted by molar-refractivity contribution is 7.89. The maximum atomic E-state index is 11.7. The van der Waals surface area contributed by atoms with Crippen LogP contribution in [0.1, 0.15) is 24.5 Å². The van der Waals surface area contributed by atoms with Crippen molar-refractivity contribution in [2.45, 2.75) is 37.6 Å². The summed E-state index contributed by atoms with van der Waals surface area (Å²) >= 11 is 0. The number of hydrogen-bond acceptors (Lipinski definition) is 4. The number of pyridine rings is 1. The first-order chi connectivity index (χ1) is 10.9. The predicted octanol–water partition coefficient (Wildman–Crippen LogP) is 2.73. The third kappa shape index (κ3) is 4.77. The lowest BCUT2D eigenvalue weighted by Gasteiger charge is -2.18. The molecule has 0 saturated heterocycles. The minimum atomic E-state index is -3.44. The Labute approximate surface area is 138 Å². The molecule has 0 bridgehead atoms. The average molecular weight is 333 g/mol. The molecule has 2 rings (SSSR count). The normalized spacial score (nSPS) is 12.8. The lowest BCUT2D eigenvalue weighted by atomic mass is 10.0. The van der Waals surface area contributed by atoms with E-state index in [1.807, 2.05) is 0 Å². The number of anilines is 1. The maximum absolute atomic E-state index is 11.7. The molecule has 1 aromatic heterocycles. The summed E-state index contributed by atoms with van der Waals surface area (Å²) in [5, 5.41) is 3.36. The second kappa shape index (κ2) is 7.57. The van der Waals surface area contributed by atoms with E-state index in [1.54, 1.807) is 12.1 Å². The molecule has 0 fully saturated rings. The van der Waals surface area contributed by atoms with E-state index in [-0.39, 0.29) is 10.9 Å². The fourth-order valence-electron chi connectivity index (χ4n) is 2.26. The van der Waals surface area contributed by atoms with Crippen LogP contribution in [0.15, 0.2) is 47.5 Å². The molecule has 23 heavy (non-hydrogen) atoms. The predicted molar refractivity (Wildman–Crippen MR) is 93.1 cm³/mol. The number of hydrogen-bond donors (Lipinski definition) is 2. The molecular weight excluding hydrogens is 310 g/mol. The molecule has 2 aromatic rings. The van der Waals surface area contributed by atoms with Crippen molar-refractivity contribution in [3.63, 3.8) is 0 Å². The van der Waals surface area contributed by atoms with E-state index in [9.17, 15) is 8.42 Å². The number of sulfonamides is 1. The Balaban J connectivity index is 2.05. The van der Waals surface area contributed by atoms with Gasteiger partial charge in [0, 0.05) is 12.2 Å². The molecule has 0 radical (unpaired) electrons. The van der Waals surface area contributed by atoms with Crippen molar-refractivity contribution in [1.29, 1.82) is 0 Å². The van der Waals surface area contributed by atoms with Crippen molar-refractivity contribution in [3.05, 3.63) is 53.7 Å². The molecule has 0 amide bonds. The second-order valence-corrected chi connectivity index (χ2v) is 7.41. The summed E-state index contributed by atoms with van der Waals surface area (Å²) in [6, 6.07) is 12.0. The van der Waals surface area contributed by atoms with Gasteiger partial charge in [0.2, 0.25) is 10.0 Å². The van der Waals surface area contributed by atoms with E-state index in [4.69, 9.17) is 0 Å². The van der Waals surface area contributed by atoms with Gasteiger partial charge in [0.25, 0.3) is 0 Å². The van der Waals surface area contributed by atoms with Gasteiger partial charge >= 0.3 is 0 Å². The molecule has 6 heteroatoms. The fraction of sp³-hybridized carbons (Fsp3) is 0.353. The van der Waals surface area contributed by atoms with Gasteiger partial charge in [-0.1, -0.05) is 36.8 Å². The highest BCUT2D eigenvalue weighted by Gasteiger charge is 2.13. The molecule has 1 heterocycles. The monoisotopic (exact) mass is 333 g/mol. The summed E-state index contributed by atoms with van der Waals surface area (Å²) in [5.74, 6) is 0.680. The van der Waals surface area contributed by atoms with Crippen molar-refractivity contribution in [3.8, 4) is 0 Å². The molecule has 124 valence electrons. The Hall–Kier alpha value is -1.92. The smallest absolute Gasteiger partial charge is 0.241 e. The van der Waals surface area contributed by atoms with Crippen molar-refractivity contribution in [2.75, 3.05) is 12.4 Å². The number of aromatic nitrogens is 1. The molecule has 0 spiro atoms. The first-order valence-electron chi connectivity index (χ1n) is 7.66. The number of nitrogens with one attached hydrogen (secondary N) is 2. The van der Waals surface area contributed by atoms with Crippen LogP contribution in [-0.2, 0) is 16.4 Å². The summed E-state index contributed by atoms with van der Waals surface area (Å²) in [4.78, 5) is 4.37. The van der Waals surface area contributed by atoms with Crippen LogP contribution in [0.5, 0.6) is 0 Å². The first kappa shape index (κ1) is 17.4. The molecule has 1 unspecified atom stereocenters. The van der Waals surface area contributed by atoms with Gasteiger partial charge in [-0.05, 0) is 44.5 Å². The number of nitrogens with zero attached hydrogens (tertiary/aromatic N) is 1. The zero-order chi connectivity index (χ0) is 16.9. The molecule has 0 aliphatic carbocycles. The number of aryl methyl sites for hydroxylation is 1. The van der Waals surface area contributed by atoms with Crippen LogP contribution >= 0.6 is 0 Å². The summed E-state index contributed by atoms with van der Waals surface area (Å²) < 4.78 is 25.7. The van der Waals surface area contributed by atoms with Gasteiger partial charge in [-0.25, -0.2) is 18.1 Å². The first-order valence-corrected chi connectivity index (χ1v) is 9.14. The Morgan fingerprint density at radius 1 is 1.13 bits per heavy atom. The topological polar surface area (TPSA) is 71.1 Å². The third-order valence-corrected chi connectivity index (χ3v) is 5.16. The summed E-state index contributed by atoms with van der Waals surface area (Å²) in [6.07, 6.45) is 3.22. The molecule has 0 aliphatic rings. The Kier molecular flexibility index (Phi) is 5.74. The standard InChI is InChI=1S/C17H23N3O2S/c1-4-15(11-14-7-5-13(2)6-8-14)20-17-10-9-16(12-19-17)23(21,22)18-3/h5-10,12,15,18H,4,11H2,1-3H3,(H,19,20). The van der Waals surface area contributed by atoms with E-state index in [0.29, 0.717) is 5.82 Å². The van der Waals surface area contributed by atoms with E-state index in [0.717, 1.165) is 12.8 Å². The molecule has 5 nitrogen and oxygen atoms in total. The van der Waals surface area contributed by atoms with Crippen molar-refractivity contribution >= 4 is 15.8 Å². The largest absolute Gasteiger partial charge is 0.367 e. The molecule has 0 aliphatic heterocycles. The Morgan fingerprint density at radius 2 is 1.83 bits per heavy atom. The molecule has 0 saturated carbocycles. The highest BCUT2D eigenvalue weighted by Crippen LogP contribution is 2.14. The van der Waals surface area contributed by atoms with Crippen LogP contribution in [0.2, 0.25) is 0 Å². The third-order valence-electron chi connectivity index (χ3n) is 3.76. The summed E-state index contributed by atoms with van der Waals surface area (Å²) in [7, 11) is -2.06. The van der Waals surface area contributed by atoms with E-state index in [2.05, 4.69) is 53.1 Å². The van der Waals surface area contributed by atoms with Gasteiger partial charge in [-0.15, -0.1) is 0 Å². The quantitative estimate of drug-likeness (QED) is 0.817. The molecule has 1 atom stereocenters. The number of benzene rings is 1. The SMILES string of the molecule is CCC(Cc1ccc(C)cc1)Nc1ccc(S(=O)(=O)NC)cn1. The number of rotatable bonds is 7. The minimum Gasteiger partial charge on any atom is -0.367 e. The summed E-state index contributed by atoms with van der Waals surface area (Å²) in [6.45, 7) is 4.19. The fourth-order valence-corrected chi connectivity index (χ4v) is 2.93. The molecule has 1 aromatic carbocycles. The maximum Gasteiger partial charge on any atom is 0.241 e. The van der Waals surface area contributed by atoms with Crippen LogP contribution in [0, 0.1) is 6.92 Å². The van der Waals surface area contributed by atoms with Crippen LogP contribution in [0.25, 0.3) is 0 Å². The van der Waals surface area contributed by atoms with Gasteiger partial charge in [0.15, 0.2) is 0 Å². The summed E-state index contributed by atoms with van der Waals surface area (Å²) in [5.41, 5.74) is 2.52. The zero-order valence-corrected chi connectivity index (χ0v) is 14.5. The van der Waals surface area contributed by atoms with Gasteiger partial charge in [0.1, 0.15) is 10.7 Å². The van der Waals surface area contributed by atoms with Gasteiger partial charge < -0.3 is 5.32 Å². The van der Waals surface area contributed by atoms with Gasteiger partial charge in [-0.3, -0.25) is 0 Å². The van der Waals surface area contributed by atoms with Gasteiger partial charge in [-0.2, -0.15) is 0 Å². The van der Waals surface area contributed by atoms with E-state index < -0.39 is 10.0 Å². The van der Waals surface area contributed by atoms with Crippen LogP contribution in [-0.4, -0.2) is 26.5 Å². The Bertz CT molecular complexity index is 725. The minimum absolute atomic E-state index is 0.164. The van der Waals surface area contributed by atoms with Gasteiger partial charge in [0.05, 0.1) is 0 Å². The second-order valence-electron chi connectivity index (χ2n) is 5.53. The van der Waals surface area contributed by atoms with Crippen LogP contribution < -0.4 is 10.0 Å². The van der Waals surface area contributed by atoms with E-state index >= 15 is 0 Å².